The van der Waals surface area contributed by atoms with Crippen molar-refractivity contribution in [2.24, 2.45) is 0 Å². The van der Waals surface area contributed by atoms with Crippen molar-refractivity contribution in [3.63, 3.8) is 0 Å². The van der Waals surface area contributed by atoms with Gasteiger partial charge in [-0.3, -0.25) is 0 Å². The molecule has 22 heavy (non-hydrogen) atoms. The van der Waals surface area contributed by atoms with Gasteiger partial charge in [-0.05, 0) is 38.1 Å². The van der Waals surface area contributed by atoms with Gasteiger partial charge >= 0.3 is 0 Å². The zero-order valence-corrected chi connectivity index (χ0v) is 12.6. The van der Waals surface area contributed by atoms with E-state index >= 15 is 0 Å². The number of halogens is 1. The van der Waals surface area contributed by atoms with Gasteiger partial charge in [-0.2, -0.15) is 0 Å². The molecule has 3 rings (SSSR count). The first-order valence-electron chi connectivity index (χ1n) is 7.26. The fourth-order valence-corrected chi connectivity index (χ4v) is 2.74. The van der Waals surface area contributed by atoms with Crippen molar-refractivity contribution >= 4 is 10.9 Å². The van der Waals surface area contributed by atoms with E-state index < -0.39 is 0 Å². The van der Waals surface area contributed by atoms with Crippen LogP contribution in [0.1, 0.15) is 25.6 Å². The topological polar surface area (TPSA) is 34.4 Å². The average Bonchev–Trinajstić information content (AvgIpc) is 2.85. The minimum atomic E-state index is -0.320. The lowest BCUT2D eigenvalue weighted by atomic mass is 10.2. The summed E-state index contributed by atoms with van der Waals surface area (Å²) in [5.41, 5.74) is 1.74. The Labute approximate surface area is 128 Å². The first kappa shape index (κ1) is 14.4. The fourth-order valence-electron chi connectivity index (χ4n) is 2.74. The summed E-state index contributed by atoms with van der Waals surface area (Å²) in [6.45, 7) is 4.42. The van der Waals surface area contributed by atoms with Crippen molar-refractivity contribution < 1.29 is 14.2 Å². The first-order chi connectivity index (χ1) is 10.6. The summed E-state index contributed by atoms with van der Waals surface area (Å²) in [5.74, 6) is 0.424. The van der Waals surface area contributed by atoms with Gasteiger partial charge in [0.25, 0.3) is 0 Å². The number of aromatic nitrogens is 1. The standard InChI is InChI=1S/C18H18FNO2/c1-12(2)20-15(9-13-5-3-8-17(21)18(13)20)11-22-16-7-4-6-14(19)10-16/h3-10,12,21H,11H2,1-2H3. The number of fused-ring (bicyclic) bond motifs is 1. The minimum absolute atomic E-state index is 0.178. The number of nitrogens with zero attached hydrogens (tertiary/aromatic N) is 1. The molecule has 0 aliphatic heterocycles. The Balaban J connectivity index is 1.96. The lowest BCUT2D eigenvalue weighted by Crippen LogP contribution is -2.08. The van der Waals surface area contributed by atoms with Crippen LogP contribution < -0.4 is 4.74 Å². The van der Waals surface area contributed by atoms with Crippen LogP contribution in [0.5, 0.6) is 11.5 Å². The van der Waals surface area contributed by atoms with Gasteiger partial charge in [0.05, 0.1) is 11.2 Å². The Morgan fingerprint density at radius 2 is 1.91 bits per heavy atom. The molecule has 0 saturated heterocycles. The van der Waals surface area contributed by atoms with Gasteiger partial charge in [-0.25, -0.2) is 4.39 Å². The number of benzene rings is 2. The summed E-state index contributed by atoms with van der Waals surface area (Å²) in [6, 6.07) is 13.7. The number of ether oxygens (including phenoxy) is 1. The van der Waals surface area contributed by atoms with Crippen molar-refractivity contribution in [2.75, 3.05) is 0 Å². The van der Waals surface area contributed by atoms with Crippen molar-refractivity contribution in [3.05, 3.63) is 60.0 Å². The normalized spacial score (nSPS) is 11.3. The van der Waals surface area contributed by atoms with Crippen LogP contribution in [-0.4, -0.2) is 9.67 Å². The summed E-state index contributed by atoms with van der Waals surface area (Å²) >= 11 is 0. The maximum Gasteiger partial charge on any atom is 0.139 e. The van der Waals surface area contributed by atoms with E-state index in [1.807, 2.05) is 22.8 Å². The molecule has 0 bridgehead atoms. The lowest BCUT2D eigenvalue weighted by molar-refractivity contribution is 0.291. The second-order valence-corrected chi connectivity index (χ2v) is 5.56. The zero-order chi connectivity index (χ0) is 15.7. The van der Waals surface area contributed by atoms with Crippen LogP contribution in [0.3, 0.4) is 0 Å². The molecule has 0 aliphatic rings. The Kier molecular flexibility index (Phi) is 3.75. The van der Waals surface area contributed by atoms with Crippen LogP contribution in [0.15, 0.2) is 48.5 Å². The molecule has 0 saturated carbocycles. The van der Waals surface area contributed by atoms with Crippen molar-refractivity contribution in [1.29, 1.82) is 0 Å². The highest BCUT2D eigenvalue weighted by Gasteiger charge is 2.14. The average molecular weight is 299 g/mol. The summed E-state index contributed by atoms with van der Waals surface area (Å²) in [6.07, 6.45) is 0. The Morgan fingerprint density at radius 3 is 2.64 bits per heavy atom. The molecule has 0 unspecified atom stereocenters. The third-order valence-corrected chi connectivity index (χ3v) is 3.62. The van der Waals surface area contributed by atoms with E-state index in [1.165, 1.54) is 12.1 Å². The number of hydrogen-bond acceptors (Lipinski definition) is 2. The highest BCUT2D eigenvalue weighted by molar-refractivity contribution is 5.86. The van der Waals surface area contributed by atoms with Gasteiger partial charge < -0.3 is 14.4 Å². The molecule has 0 amide bonds. The second-order valence-electron chi connectivity index (χ2n) is 5.56. The largest absolute Gasteiger partial charge is 0.506 e. The van der Waals surface area contributed by atoms with Gasteiger partial charge in [0.2, 0.25) is 0 Å². The van der Waals surface area contributed by atoms with E-state index in [0.29, 0.717) is 12.4 Å². The molecule has 3 nitrogen and oxygen atoms in total. The molecule has 0 fully saturated rings. The number of phenolic OH excluding ortho intramolecular Hbond substituents is 1. The molecule has 3 aromatic rings. The fraction of sp³-hybridized carbons (Fsp3) is 0.222. The Morgan fingerprint density at radius 1 is 1.14 bits per heavy atom. The van der Waals surface area contributed by atoms with E-state index in [1.54, 1.807) is 18.2 Å². The zero-order valence-electron chi connectivity index (χ0n) is 12.6. The van der Waals surface area contributed by atoms with Gasteiger partial charge in [0.1, 0.15) is 23.9 Å². The van der Waals surface area contributed by atoms with Crippen LogP contribution in [0.2, 0.25) is 0 Å². The lowest BCUT2D eigenvalue weighted by Gasteiger charge is -2.16. The predicted molar refractivity (Wildman–Crippen MR) is 84.7 cm³/mol. The number of phenols is 1. The number of rotatable bonds is 4. The minimum Gasteiger partial charge on any atom is -0.506 e. The summed E-state index contributed by atoms with van der Waals surface area (Å²) in [5, 5.41) is 11.1. The molecule has 0 aliphatic carbocycles. The number of para-hydroxylation sites is 1. The third-order valence-electron chi connectivity index (χ3n) is 3.62. The van der Waals surface area contributed by atoms with Gasteiger partial charge in [0.15, 0.2) is 0 Å². The molecule has 1 heterocycles. The van der Waals surface area contributed by atoms with Crippen LogP contribution >= 0.6 is 0 Å². The highest BCUT2D eigenvalue weighted by Crippen LogP contribution is 2.31. The maximum absolute atomic E-state index is 13.2. The Bertz CT molecular complexity index is 808. The molecule has 0 radical (unpaired) electrons. The van der Waals surface area contributed by atoms with Gasteiger partial charge in [0, 0.05) is 17.5 Å². The molecule has 0 atom stereocenters. The van der Waals surface area contributed by atoms with Gasteiger partial charge in [-0.15, -0.1) is 0 Å². The first-order valence-corrected chi connectivity index (χ1v) is 7.26. The molecule has 2 aromatic carbocycles. The SMILES string of the molecule is CC(C)n1c(COc2cccc(F)c2)cc2cccc(O)c21. The van der Waals surface area contributed by atoms with Crippen LogP contribution in [-0.2, 0) is 6.61 Å². The number of aromatic hydroxyl groups is 1. The molecular formula is C18H18FNO2. The predicted octanol–water partition coefficient (Wildman–Crippen LogP) is 4.65. The van der Waals surface area contributed by atoms with E-state index in [4.69, 9.17) is 4.74 Å². The summed E-state index contributed by atoms with van der Waals surface area (Å²) < 4.78 is 20.9. The molecule has 1 aromatic heterocycles. The third kappa shape index (κ3) is 2.64. The molecule has 0 spiro atoms. The van der Waals surface area contributed by atoms with E-state index in [0.717, 1.165) is 16.6 Å². The molecule has 1 N–H and O–H groups in total. The molecule has 4 heteroatoms. The van der Waals surface area contributed by atoms with Crippen LogP contribution in [0.25, 0.3) is 10.9 Å². The maximum atomic E-state index is 13.2. The summed E-state index contributed by atoms with van der Waals surface area (Å²) in [4.78, 5) is 0. The van der Waals surface area contributed by atoms with Gasteiger partial charge in [-0.1, -0.05) is 18.2 Å². The van der Waals surface area contributed by atoms with Crippen molar-refractivity contribution in [2.45, 2.75) is 26.5 Å². The summed E-state index contributed by atoms with van der Waals surface area (Å²) in [7, 11) is 0. The van der Waals surface area contributed by atoms with Crippen LogP contribution in [0, 0.1) is 5.82 Å². The Hall–Kier alpha value is -2.49. The van der Waals surface area contributed by atoms with E-state index in [-0.39, 0.29) is 17.6 Å². The van der Waals surface area contributed by atoms with Crippen LogP contribution in [0.4, 0.5) is 4.39 Å². The molecular weight excluding hydrogens is 281 g/mol. The van der Waals surface area contributed by atoms with Crippen molar-refractivity contribution in [3.8, 4) is 11.5 Å². The quantitative estimate of drug-likeness (QED) is 0.761. The second kappa shape index (κ2) is 5.72. The highest BCUT2D eigenvalue weighted by atomic mass is 19.1. The number of hydrogen-bond donors (Lipinski definition) is 1. The van der Waals surface area contributed by atoms with Crippen molar-refractivity contribution in [1.82, 2.24) is 4.57 Å². The monoisotopic (exact) mass is 299 g/mol. The smallest absolute Gasteiger partial charge is 0.139 e. The molecule has 114 valence electrons. The van der Waals surface area contributed by atoms with E-state index in [2.05, 4.69) is 13.8 Å². The van der Waals surface area contributed by atoms with E-state index in [9.17, 15) is 9.50 Å².